The van der Waals surface area contributed by atoms with E-state index in [0.29, 0.717) is 11.1 Å². The first-order valence-electron chi connectivity index (χ1n) is 19.8. The van der Waals surface area contributed by atoms with Gasteiger partial charge < -0.3 is 9.80 Å². The molecule has 11 rings (SSSR count). The summed E-state index contributed by atoms with van der Waals surface area (Å²) in [7, 11) is 0. The Kier molecular flexibility index (Phi) is 7.80. The molecule has 9 aromatic rings. The Morgan fingerprint density at radius 1 is 0.339 bits per heavy atom. The summed E-state index contributed by atoms with van der Waals surface area (Å²) in [4.78, 5) is 4.53. The van der Waals surface area contributed by atoms with Crippen LogP contribution in [0.5, 0.6) is 0 Å². The minimum atomic E-state index is -0.654. The molecule has 0 aliphatic heterocycles. The molecule has 4 nitrogen and oxygen atoms in total. The van der Waals surface area contributed by atoms with Crippen molar-refractivity contribution in [3.8, 4) is 34.4 Å². The quantitative estimate of drug-likeness (QED) is 0.170. The van der Waals surface area contributed by atoms with E-state index in [4.69, 9.17) is 0 Å². The Hall–Kier alpha value is -8.18. The van der Waals surface area contributed by atoms with Crippen LogP contribution in [-0.4, -0.2) is 0 Å². The summed E-state index contributed by atoms with van der Waals surface area (Å²) in [5.41, 5.74) is 16.2. The molecule has 2 aliphatic carbocycles. The van der Waals surface area contributed by atoms with Gasteiger partial charge in [-0.1, -0.05) is 127 Å². The smallest absolute Gasteiger partial charge is 0.0992 e. The summed E-state index contributed by atoms with van der Waals surface area (Å²) >= 11 is 0. The molecule has 9 aromatic carbocycles. The topological polar surface area (TPSA) is 54.1 Å². The second-order valence-electron chi connectivity index (χ2n) is 15.1. The van der Waals surface area contributed by atoms with Crippen LogP contribution in [0.2, 0.25) is 0 Å². The molecule has 0 fully saturated rings. The van der Waals surface area contributed by atoms with Gasteiger partial charge in [0.15, 0.2) is 0 Å². The molecule has 59 heavy (non-hydrogen) atoms. The maximum absolute atomic E-state index is 9.96. The van der Waals surface area contributed by atoms with Crippen LogP contribution in [0, 0.1) is 22.7 Å². The van der Waals surface area contributed by atoms with Crippen molar-refractivity contribution in [2.45, 2.75) is 5.41 Å². The summed E-state index contributed by atoms with van der Waals surface area (Å²) < 4.78 is 0. The molecule has 0 amide bonds. The van der Waals surface area contributed by atoms with E-state index >= 15 is 0 Å². The largest absolute Gasteiger partial charge is 0.310 e. The molecule has 2 aliphatic rings. The lowest BCUT2D eigenvalue weighted by molar-refractivity contribution is 0.773. The zero-order valence-corrected chi connectivity index (χ0v) is 31.9. The molecule has 0 saturated heterocycles. The number of anilines is 6. The Morgan fingerprint density at radius 3 is 1.44 bits per heavy atom. The molecule has 0 radical (unpaired) electrons. The number of nitriles is 2. The fourth-order valence-electron chi connectivity index (χ4n) is 9.76. The lowest BCUT2D eigenvalue weighted by atomic mass is 9.61. The predicted octanol–water partition coefficient (Wildman–Crippen LogP) is 13.9. The van der Waals surface area contributed by atoms with Gasteiger partial charge in [0.1, 0.15) is 0 Å². The van der Waals surface area contributed by atoms with Crippen LogP contribution in [-0.2, 0) is 5.41 Å². The predicted molar refractivity (Wildman–Crippen MR) is 239 cm³/mol. The van der Waals surface area contributed by atoms with Gasteiger partial charge in [-0.3, -0.25) is 0 Å². The van der Waals surface area contributed by atoms with E-state index in [1.807, 2.05) is 48.5 Å². The molecule has 0 heterocycles. The maximum Gasteiger partial charge on any atom is 0.0992 e. The van der Waals surface area contributed by atoms with Gasteiger partial charge >= 0.3 is 0 Å². The van der Waals surface area contributed by atoms with Gasteiger partial charge in [0, 0.05) is 33.8 Å². The molecular formula is C55H34N4. The van der Waals surface area contributed by atoms with Crippen LogP contribution in [0.1, 0.15) is 33.4 Å². The van der Waals surface area contributed by atoms with Gasteiger partial charge in [-0.2, -0.15) is 10.5 Å². The van der Waals surface area contributed by atoms with Crippen molar-refractivity contribution in [1.29, 1.82) is 10.5 Å². The summed E-state index contributed by atoms with van der Waals surface area (Å²) in [6.07, 6.45) is 0. The molecule has 274 valence electrons. The highest BCUT2D eigenvalue weighted by atomic mass is 15.1. The highest BCUT2D eigenvalue weighted by molar-refractivity contribution is 6.12. The number of hydrogen-bond donors (Lipinski definition) is 0. The highest BCUT2D eigenvalue weighted by Gasteiger charge is 2.50. The first-order chi connectivity index (χ1) is 29.2. The Balaban J connectivity index is 1.24. The van der Waals surface area contributed by atoms with Crippen molar-refractivity contribution in [2.24, 2.45) is 0 Å². The monoisotopic (exact) mass is 750 g/mol. The molecular weight excluding hydrogens is 717 g/mol. The first kappa shape index (κ1) is 34.1. The number of fused-ring (bicyclic) bond motifs is 9. The van der Waals surface area contributed by atoms with Gasteiger partial charge in [-0.25, -0.2) is 0 Å². The van der Waals surface area contributed by atoms with E-state index in [9.17, 15) is 10.5 Å². The van der Waals surface area contributed by atoms with Gasteiger partial charge in [0.05, 0.1) is 34.4 Å². The lowest BCUT2D eigenvalue weighted by Crippen LogP contribution is -2.32. The SMILES string of the molecule is N#Cc1cccc(N(c2ccccc2)c2ccc3c(c2)C2(c4ccccc4-c4ccccc42)c2cccc4c(N(c5ccccc5)c5cccc(C#N)c5)ccc-3c24)c1. The van der Waals surface area contributed by atoms with Gasteiger partial charge in [-0.05, 0) is 129 Å². The number of rotatable bonds is 6. The van der Waals surface area contributed by atoms with Crippen molar-refractivity contribution < 1.29 is 0 Å². The minimum absolute atomic E-state index is 0.608. The summed E-state index contributed by atoms with van der Waals surface area (Å²) in [6.45, 7) is 0. The van der Waals surface area contributed by atoms with Crippen molar-refractivity contribution >= 4 is 44.9 Å². The van der Waals surface area contributed by atoms with Crippen molar-refractivity contribution in [3.63, 3.8) is 0 Å². The minimum Gasteiger partial charge on any atom is -0.310 e. The normalized spacial score (nSPS) is 12.5. The average molecular weight is 751 g/mol. The van der Waals surface area contributed by atoms with Crippen molar-refractivity contribution in [2.75, 3.05) is 9.80 Å². The van der Waals surface area contributed by atoms with Crippen LogP contribution in [0.25, 0.3) is 33.0 Å². The average Bonchev–Trinajstić information content (AvgIpc) is 3.60. The Bertz CT molecular complexity index is 3160. The molecule has 0 aromatic heterocycles. The zero-order valence-electron chi connectivity index (χ0n) is 31.9. The third-order valence-electron chi connectivity index (χ3n) is 12.1. The number of para-hydroxylation sites is 2. The Morgan fingerprint density at radius 2 is 0.814 bits per heavy atom. The number of hydrogen-bond acceptors (Lipinski definition) is 4. The van der Waals surface area contributed by atoms with E-state index in [0.717, 1.165) is 39.5 Å². The fourth-order valence-corrected chi connectivity index (χ4v) is 9.76. The number of nitrogens with zero attached hydrogens (tertiary/aromatic N) is 4. The van der Waals surface area contributed by atoms with Gasteiger partial charge in [-0.15, -0.1) is 0 Å². The highest BCUT2D eigenvalue weighted by Crippen LogP contribution is 2.63. The van der Waals surface area contributed by atoms with E-state index < -0.39 is 5.41 Å². The maximum atomic E-state index is 9.96. The van der Waals surface area contributed by atoms with E-state index in [2.05, 4.69) is 180 Å². The third kappa shape index (κ3) is 5.08. The summed E-state index contributed by atoms with van der Waals surface area (Å²) in [6, 6.07) is 77.3. The van der Waals surface area contributed by atoms with Crippen LogP contribution in [0.3, 0.4) is 0 Å². The summed E-state index contributed by atoms with van der Waals surface area (Å²) in [5, 5.41) is 22.2. The third-order valence-corrected chi connectivity index (χ3v) is 12.1. The second kappa shape index (κ2) is 13.5. The lowest BCUT2D eigenvalue weighted by Gasteiger charge is -2.41. The van der Waals surface area contributed by atoms with E-state index in [1.165, 1.54) is 49.9 Å². The molecule has 0 unspecified atom stereocenters. The molecule has 4 heteroatoms. The standard InChI is InChI=1S/C55H34N4/c56-35-37-14-11-20-41(32-37)58(39-16-3-1-4-17-39)43-28-29-46-47-30-31-53(59(40-18-5-2-6-19-40)42-21-12-15-38(33-42)36-57)48-24-13-27-51(54(47)48)55(52(46)34-43)49-25-9-7-22-44(49)45-23-8-10-26-50(45)55/h1-34H. The van der Waals surface area contributed by atoms with Crippen molar-refractivity contribution in [1.82, 2.24) is 0 Å². The zero-order chi connectivity index (χ0) is 39.5. The Labute approximate surface area is 343 Å². The molecule has 0 bridgehead atoms. The first-order valence-corrected chi connectivity index (χ1v) is 19.8. The number of benzene rings is 9. The molecule has 0 saturated carbocycles. The second-order valence-corrected chi connectivity index (χ2v) is 15.1. The molecule has 0 N–H and O–H groups in total. The van der Waals surface area contributed by atoms with Crippen LogP contribution in [0.15, 0.2) is 206 Å². The van der Waals surface area contributed by atoms with Gasteiger partial charge in [0.25, 0.3) is 0 Å². The van der Waals surface area contributed by atoms with E-state index in [1.54, 1.807) is 0 Å². The molecule has 0 atom stereocenters. The van der Waals surface area contributed by atoms with Crippen LogP contribution >= 0.6 is 0 Å². The van der Waals surface area contributed by atoms with Crippen LogP contribution in [0.4, 0.5) is 34.1 Å². The van der Waals surface area contributed by atoms with Crippen molar-refractivity contribution in [3.05, 3.63) is 240 Å². The summed E-state index contributed by atoms with van der Waals surface area (Å²) in [5.74, 6) is 0. The van der Waals surface area contributed by atoms with E-state index in [-0.39, 0.29) is 0 Å². The molecule has 1 spiro atoms. The van der Waals surface area contributed by atoms with Crippen LogP contribution < -0.4 is 9.80 Å². The fraction of sp³-hybridized carbons (Fsp3) is 0.0182. The van der Waals surface area contributed by atoms with Gasteiger partial charge in [0.2, 0.25) is 0 Å².